The van der Waals surface area contributed by atoms with Crippen LogP contribution in [0.25, 0.3) is 0 Å². The third-order valence-corrected chi connectivity index (χ3v) is 4.04. The standard InChI is InChI=1S/C19H25N3O.2ClH/c1-3-22(4-2)18(15-9-6-5-7-10-15)14-21-19(23)16-11-8-12-17(20)13-16;;/h5-13,18H,3-4,14,20H2,1-2H3,(H,21,23);2*1H. The Bertz CT molecular complexity index is 634. The van der Waals surface area contributed by atoms with Crippen LogP contribution in [0.5, 0.6) is 0 Å². The van der Waals surface area contributed by atoms with Crippen molar-refractivity contribution in [1.82, 2.24) is 10.2 Å². The first-order valence-corrected chi connectivity index (χ1v) is 8.08. The van der Waals surface area contributed by atoms with Gasteiger partial charge in [-0.05, 0) is 36.9 Å². The molecule has 0 aromatic heterocycles. The van der Waals surface area contributed by atoms with Crippen LogP contribution in [0.3, 0.4) is 0 Å². The Kier molecular flexibility index (Phi) is 10.9. The van der Waals surface area contributed by atoms with Gasteiger partial charge in [-0.15, -0.1) is 24.8 Å². The molecular formula is C19H27Cl2N3O. The quantitative estimate of drug-likeness (QED) is 0.712. The molecule has 6 heteroatoms. The number of carbonyl (C=O) groups excluding carboxylic acids is 1. The molecule has 0 aliphatic carbocycles. The van der Waals surface area contributed by atoms with Gasteiger partial charge in [-0.25, -0.2) is 0 Å². The van der Waals surface area contributed by atoms with Crippen LogP contribution in [-0.4, -0.2) is 30.4 Å². The van der Waals surface area contributed by atoms with Crippen molar-refractivity contribution in [3.05, 3.63) is 65.7 Å². The molecule has 0 aliphatic rings. The fourth-order valence-corrected chi connectivity index (χ4v) is 2.77. The van der Waals surface area contributed by atoms with Crippen LogP contribution in [-0.2, 0) is 0 Å². The van der Waals surface area contributed by atoms with E-state index in [0.717, 1.165) is 13.1 Å². The molecule has 0 bridgehead atoms. The van der Waals surface area contributed by atoms with Gasteiger partial charge in [-0.3, -0.25) is 9.69 Å². The van der Waals surface area contributed by atoms with Gasteiger partial charge in [0, 0.05) is 17.8 Å². The number of nitrogens with two attached hydrogens (primary N) is 1. The van der Waals surface area contributed by atoms with E-state index < -0.39 is 0 Å². The minimum absolute atomic E-state index is 0. The third-order valence-electron chi connectivity index (χ3n) is 4.04. The van der Waals surface area contributed by atoms with Gasteiger partial charge in [-0.2, -0.15) is 0 Å². The molecule has 0 saturated carbocycles. The lowest BCUT2D eigenvalue weighted by molar-refractivity contribution is 0.0935. The molecule has 3 N–H and O–H groups in total. The Labute approximate surface area is 162 Å². The minimum Gasteiger partial charge on any atom is -0.399 e. The zero-order valence-corrected chi connectivity index (χ0v) is 16.3. The van der Waals surface area contributed by atoms with E-state index in [1.165, 1.54) is 5.56 Å². The lowest BCUT2D eigenvalue weighted by Gasteiger charge is -2.30. The smallest absolute Gasteiger partial charge is 0.251 e. The summed E-state index contributed by atoms with van der Waals surface area (Å²) in [7, 11) is 0. The van der Waals surface area contributed by atoms with E-state index in [4.69, 9.17) is 5.73 Å². The number of hydrogen-bond donors (Lipinski definition) is 2. The van der Waals surface area contributed by atoms with Gasteiger partial charge in [0.05, 0.1) is 6.04 Å². The number of anilines is 1. The number of rotatable bonds is 7. The Morgan fingerprint density at radius 2 is 1.68 bits per heavy atom. The summed E-state index contributed by atoms with van der Waals surface area (Å²) in [5, 5.41) is 3.04. The number of likely N-dealkylation sites (N-methyl/N-ethyl adjacent to an activating group) is 1. The van der Waals surface area contributed by atoms with Crippen LogP contribution in [0.15, 0.2) is 54.6 Å². The normalized spacial score (nSPS) is 11.2. The number of benzene rings is 2. The van der Waals surface area contributed by atoms with Gasteiger partial charge in [0.15, 0.2) is 0 Å². The van der Waals surface area contributed by atoms with Crippen molar-refractivity contribution in [2.45, 2.75) is 19.9 Å². The van der Waals surface area contributed by atoms with E-state index in [-0.39, 0.29) is 36.8 Å². The Hall–Kier alpha value is -1.75. The van der Waals surface area contributed by atoms with Crippen molar-refractivity contribution in [3.63, 3.8) is 0 Å². The third kappa shape index (κ3) is 6.58. The van der Waals surface area contributed by atoms with Gasteiger partial charge in [0.1, 0.15) is 0 Å². The minimum atomic E-state index is -0.0922. The lowest BCUT2D eigenvalue weighted by atomic mass is 10.0. The van der Waals surface area contributed by atoms with Crippen LogP contribution >= 0.6 is 24.8 Å². The second-order valence-electron chi connectivity index (χ2n) is 5.48. The van der Waals surface area contributed by atoms with Crippen LogP contribution in [0.4, 0.5) is 5.69 Å². The molecule has 4 nitrogen and oxygen atoms in total. The van der Waals surface area contributed by atoms with Gasteiger partial charge in [0.25, 0.3) is 5.91 Å². The largest absolute Gasteiger partial charge is 0.399 e. The maximum atomic E-state index is 12.3. The van der Waals surface area contributed by atoms with Gasteiger partial charge < -0.3 is 11.1 Å². The van der Waals surface area contributed by atoms with E-state index in [9.17, 15) is 4.79 Å². The fourth-order valence-electron chi connectivity index (χ4n) is 2.77. The zero-order chi connectivity index (χ0) is 16.7. The lowest BCUT2D eigenvalue weighted by Crippen LogP contribution is -2.38. The molecule has 2 rings (SSSR count). The van der Waals surface area contributed by atoms with Crippen molar-refractivity contribution in [2.75, 3.05) is 25.4 Å². The average molecular weight is 384 g/mol. The highest BCUT2D eigenvalue weighted by Gasteiger charge is 2.18. The summed E-state index contributed by atoms with van der Waals surface area (Å²) in [5.41, 5.74) is 8.15. The van der Waals surface area contributed by atoms with Crippen LogP contribution < -0.4 is 11.1 Å². The summed E-state index contributed by atoms with van der Waals surface area (Å²) in [6.45, 7) is 6.71. The van der Waals surface area contributed by atoms with Crippen molar-refractivity contribution < 1.29 is 4.79 Å². The molecular weight excluding hydrogens is 357 g/mol. The Morgan fingerprint density at radius 3 is 2.24 bits per heavy atom. The Balaban J connectivity index is 0.00000288. The van der Waals surface area contributed by atoms with Crippen LogP contribution in [0, 0.1) is 0 Å². The molecule has 1 amide bonds. The summed E-state index contributed by atoms with van der Waals surface area (Å²) in [5.74, 6) is -0.0922. The predicted molar refractivity (Wildman–Crippen MR) is 110 cm³/mol. The van der Waals surface area contributed by atoms with E-state index >= 15 is 0 Å². The molecule has 1 atom stereocenters. The summed E-state index contributed by atoms with van der Waals surface area (Å²) in [4.78, 5) is 14.7. The maximum Gasteiger partial charge on any atom is 0.251 e. The molecule has 0 radical (unpaired) electrons. The van der Waals surface area contributed by atoms with Gasteiger partial charge in [0.2, 0.25) is 0 Å². The molecule has 0 spiro atoms. The second kappa shape index (κ2) is 11.7. The monoisotopic (exact) mass is 383 g/mol. The van der Waals surface area contributed by atoms with Gasteiger partial charge >= 0.3 is 0 Å². The summed E-state index contributed by atoms with van der Waals surface area (Å²) >= 11 is 0. The molecule has 2 aromatic carbocycles. The highest BCUT2D eigenvalue weighted by Crippen LogP contribution is 2.19. The van der Waals surface area contributed by atoms with Crippen molar-refractivity contribution in [2.24, 2.45) is 0 Å². The molecule has 2 aromatic rings. The number of nitrogens with zero attached hydrogens (tertiary/aromatic N) is 1. The van der Waals surface area contributed by atoms with E-state index in [0.29, 0.717) is 17.8 Å². The molecule has 138 valence electrons. The SMILES string of the molecule is CCN(CC)C(CNC(=O)c1cccc(N)c1)c1ccccc1.Cl.Cl. The Morgan fingerprint density at radius 1 is 1.04 bits per heavy atom. The first kappa shape index (κ1) is 23.2. The fraction of sp³-hybridized carbons (Fsp3) is 0.316. The highest BCUT2D eigenvalue weighted by atomic mass is 35.5. The van der Waals surface area contributed by atoms with Crippen LogP contribution in [0.1, 0.15) is 35.8 Å². The number of nitrogen functional groups attached to an aromatic ring is 1. The second-order valence-corrected chi connectivity index (χ2v) is 5.48. The molecule has 1 unspecified atom stereocenters. The summed E-state index contributed by atoms with van der Waals surface area (Å²) < 4.78 is 0. The summed E-state index contributed by atoms with van der Waals surface area (Å²) in [6, 6.07) is 17.5. The highest BCUT2D eigenvalue weighted by molar-refractivity contribution is 5.95. The number of amides is 1. The van der Waals surface area contributed by atoms with Crippen LogP contribution in [0.2, 0.25) is 0 Å². The number of hydrogen-bond acceptors (Lipinski definition) is 3. The van der Waals surface area contributed by atoms with E-state index in [1.807, 2.05) is 18.2 Å². The molecule has 0 aliphatic heterocycles. The number of halogens is 2. The molecule has 0 fully saturated rings. The van der Waals surface area contributed by atoms with Crippen molar-refractivity contribution in [3.8, 4) is 0 Å². The van der Waals surface area contributed by atoms with E-state index in [1.54, 1.807) is 24.3 Å². The van der Waals surface area contributed by atoms with E-state index in [2.05, 4.69) is 36.2 Å². The summed E-state index contributed by atoms with van der Waals surface area (Å²) in [6.07, 6.45) is 0. The first-order valence-electron chi connectivity index (χ1n) is 8.08. The molecule has 0 heterocycles. The maximum absolute atomic E-state index is 12.3. The molecule has 0 saturated heterocycles. The topological polar surface area (TPSA) is 58.4 Å². The molecule has 25 heavy (non-hydrogen) atoms. The number of carbonyl (C=O) groups is 1. The average Bonchev–Trinajstić information content (AvgIpc) is 2.59. The van der Waals surface area contributed by atoms with Crippen molar-refractivity contribution in [1.29, 1.82) is 0 Å². The number of nitrogens with one attached hydrogen (secondary N) is 1. The zero-order valence-electron chi connectivity index (χ0n) is 14.6. The first-order chi connectivity index (χ1) is 11.2. The van der Waals surface area contributed by atoms with Crippen molar-refractivity contribution >= 4 is 36.4 Å². The van der Waals surface area contributed by atoms with Gasteiger partial charge in [-0.1, -0.05) is 50.2 Å². The predicted octanol–water partition coefficient (Wildman–Crippen LogP) is 3.93.